The maximum Gasteiger partial charge on any atom is 0.257 e. The van der Waals surface area contributed by atoms with Gasteiger partial charge in [0, 0.05) is 27.6 Å². The van der Waals surface area contributed by atoms with Crippen LogP contribution in [0.4, 0.5) is 13.9 Å². The Morgan fingerprint density at radius 2 is 1.67 bits per heavy atom. The number of carbonyl (C=O) groups is 2. The Kier molecular flexibility index (Phi) is 4.91. The van der Waals surface area contributed by atoms with Crippen molar-refractivity contribution < 1.29 is 26.8 Å². The van der Waals surface area contributed by atoms with Crippen LogP contribution >= 0.6 is 11.3 Å². The Hall–Kier alpha value is -3.76. The van der Waals surface area contributed by atoms with E-state index < -0.39 is 33.2 Å². The standard InChI is InChI=1S/C23H12F2N2O4S2/c24-16-8-6-12(9-17(16)25)18-11-32-23(26-18)27-22(29)13-5-7-15-20(10-13)33(30,31)19-4-2-1-3-14(19)21(15)28/h1-11H,(H,26,27,29). The average molecular weight is 482 g/mol. The van der Waals surface area contributed by atoms with Crippen LogP contribution in [0.15, 0.2) is 75.8 Å². The van der Waals surface area contributed by atoms with Gasteiger partial charge in [0.2, 0.25) is 9.84 Å². The molecule has 0 unspecified atom stereocenters. The normalized spacial score (nSPS) is 13.8. The van der Waals surface area contributed by atoms with Crippen molar-refractivity contribution in [3.63, 3.8) is 0 Å². The largest absolute Gasteiger partial charge is 0.298 e. The minimum Gasteiger partial charge on any atom is -0.298 e. The molecular weight excluding hydrogens is 470 g/mol. The van der Waals surface area contributed by atoms with Gasteiger partial charge in [0.1, 0.15) is 0 Å². The van der Waals surface area contributed by atoms with E-state index in [0.717, 1.165) is 29.5 Å². The average Bonchev–Trinajstić information content (AvgIpc) is 3.27. The number of hydrogen-bond acceptors (Lipinski definition) is 6. The van der Waals surface area contributed by atoms with E-state index >= 15 is 0 Å². The summed E-state index contributed by atoms with van der Waals surface area (Å²) >= 11 is 1.07. The smallest absolute Gasteiger partial charge is 0.257 e. The molecule has 1 aliphatic heterocycles. The molecule has 1 N–H and O–H groups in total. The van der Waals surface area contributed by atoms with Crippen LogP contribution in [0.25, 0.3) is 11.3 Å². The lowest BCUT2D eigenvalue weighted by molar-refractivity contribution is 0.101. The number of nitrogens with one attached hydrogen (secondary N) is 1. The van der Waals surface area contributed by atoms with Crippen molar-refractivity contribution in [2.45, 2.75) is 9.79 Å². The number of amides is 1. The number of benzene rings is 3. The van der Waals surface area contributed by atoms with Gasteiger partial charge in [-0.3, -0.25) is 14.9 Å². The number of sulfone groups is 1. The first-order chi connectivity index (χ1) is 15.8. The van der Waals surface area contributed by atoms with E-state index in [9.17, 15) is 26.8 Å². The first-order valence-electron chi connectivity index (χ1n) is 9.51. The van der Waals surface area contributed by atoms with Crippen molar-refractivity contribution in [2.75, 3.05) is 5.32 Å². The summed E-state index contributed by atoms with van der Waals surface area (Å²) in [6.07, 6.45) is 0. The van der Waals surface area contributed by atoms with Crippen LogP contribution in [-0.4, -0.2) is 25.1 Å². The fourth-order valence-electron chi connectivity index (χ4n) is 3.51. The Bertz CT molecular complexity index is 1580. The van der Waals surface area contributed by atoms with Crippen LogP contribution in [0.5, 0.6) is 0 Å². The molecule has 1 amide bonds. The highest BCUT2D eigenvalue weighted by atomic mass is 32.2. The number of ketones is 1. The van der Waals surface area contributed by atoms with Crippen LogP contribution in [0, 0.1) is 11.6 Å². The Balaban J connectivity index is 1.44. The molecule has 5 rings (SSSR count). The molecule has 0 bridgehead atoms. The first-order valence-corrected chi connectivity index (χ1v) is 11.9. The fraction of sp³-hybridized carbons (Fsp3) is 0. The van der Waals surface area contributed by atoms with Crippen LogP contribution < -0.4 is 5.32 Å². The lowest BCUT2D eigenvalue weighted by Crippen LogP contribution is -2.21. The highest BCUT2D eigenvalue weighted by molar-refractivity contribution is 7.91. The molecule has 0 spiro atoms. The summed E-state index contributed by atoms with van der Waals surface area (Å²) in [5.74, 6) is -3.06. The van der Waals surface area contributed by atoms with Gasteiger partial charge in [-0.05, 0) is 48.5 Å². The number of anilines is 1. The molecule has 10 heteroatoms. The predicted octanol–water partition coefficient (Wildman–Crippen LogP) is 4.72. The molecule has 0 saturated carbocycles. The zero-order chi connectivity index (χ0) is 23.3. The van der Waals surface area contributed by atoms with Gasteiger partial charge >= 0.3 is 0 Å². The number of rotatable bonds is 3. The van der Waals surface area contributed by atoms with Crippen LogP contribution in [0.1, 0.15) is 26.3 Å². The number of thiazole rings is 1. The van der Waals surface area contributed by atoms with Gasteiger partial charge < -0.3 is 0 Å². The monoisotopic (exact) mass is 482 g/mol. The third-order valence-electron chi connectivity index (χ3n) is 5.14. The molecule has 0 atom stereocenters. The van der Waals surface area contributed by atoms with Gasteiger partial charge in [0.25, 0.3) is 5.91 Å². The van der Waals surface area contributed by atoms with Crippen molar-refractivity contribution in [2.24, 2.45) is 0 Å². The number of halogens is 2. The van der Waals surface area contributed by atoms with E-state index in [-0.39, 0.29) is 31.6 Å². The highest BCUT2D eigenvalue weighted by Crippen LogP contribution is 2.35. The summed E-state index contributed by atoms with van der Waals surface area (Å²) < 4.78 is 52.7. The Labute approximate surface area is 190 Å². The minimum atomic E-state index is -3.98. The van der Waals surface area contributed by atoms with Gasteiger partial charge in [0.05, 0.1) is 15.5 Å². The molecule has 0 aliphatic carbocycles. The Morgan fingerprint density at radius 1 is 0.909 bits per heavy atom. The summed E-state index contributed by atoms with van der Waals surface area (Å²) in [6.45, 7) is 0. The SMILES string of the molecule is O=C(Nc1nc(-c2ccc(F)c(F)c2)cs1)c1ccc2c(c1)S(=O)(=O)c1ccccc1C2=O. The maximum atomic E-state index is 13.5. The van der Waals surface area contributed by atoms with Crippen LogP contribution in [0.3, 0.4) is 0 Å². The third-order valence-corrected chi connectivity index (χ3v) is 7.75. The van der Waals surface area contributed by atoms with Gasteiger partial charge in [-0.15, -0.1) is 11.3 Å². The molecule has 2 heterocycles. The van der Waals surface area contributed by atoms with E-state index in [4.69, 9.17) is 0 Å². The molecule has 3 aromatic carbocycles. The summed E-state index contributed by atoms with van der Waals surface area (Å²) in [5.41, 5.74) is 0.788. The molecule has 0 radical (unpaired) electrons. The summed E-state index contributed by atoms with van der Waals surface area (Å²) in [6, 6.07) is 13.1. The Morgan fingerprint density at radius 3 is 2.45 bits per heavy atom. The van der Waals surface area contributed by atoms with Crippen molar-refractivity contribution in [1.29, 1.82) is 0 Å². The number of hydrogen-bond donors (Lipinski definition) is 1. The zero-order valence-corrected chi connectivity index (χ0v) is 18.1. The van der Waals surface area contributed by atoms with E-state index in [0.29, 0.717) is 11.3 Å². The molecule has 164 valence electrons. The van der Waals surface area contributed by atoms with E-state index in [1.807, 2.05) is 0 Å². The lowest BCUT2D eigenvalue weighted by atomic mass is 10.0. The van der Waals surface area contributed by atoms with Crippen molar-refractivity contribution in [3.05, 3.63) is 94.4 Å². The molecule has 0 saturated heterocycles. The van der Waals surface area contributed by atoms with E-state index in [1.54, 1.807) is 11.4 Å². The van der Waals surface area contributed by atoms with Gasteiger partial charge in [-0.2, -0.15) is 0 Å². The van der Waals surface area contributed by atoms with Gasteiger partial charge in [-0.1, -0.05) is 12.1 Å². The van der Waals surface area contributed by atoms with Crippen molar-refractivity contribution in [1.82, 2.24) is 4.98 Å². The zero-order valence-electron chi connectivity index (χ0n) is 16.5. The van der Waals surface area contributed by atoms with Crippen molar-refractivity contribution in [3.8, 4) is 11.3 Å². The molecule has 1 aliphatic rings. The third kappa shape index (κ3) is 3.53. The second-order valence-corrected chi connectivity index (χ2v) is 9.91. The second kappa shape index (κ2) is 7.68. The molecule has 33 heavy (non-hydrogen) atoms. The minimum absolute atomic E-state index is 0.000112. The summed E-state index contributed by atoms with van der Waals surface area (Å²) in [5, 5.41) is 4.31. The van der Waals surface area contributed by atoms with Gasteiger partial charge in [-0.25, -0.2) is 22.2 Å². The molecule has 4 aromatic rings. The topological polar surface area (TPSA) is 93.2 Å². The number of aromatic nitrogens is 1. The quantitative estimate of drug-likeness (QED) is 0.402. The van der Waals surface area contributed by atoms with Crippen molar-refractivity contribution >= 4 is 38.0 Å². The van der Waals surface area contributed by atoms with Crippen LogP contribution in [-0.2, 0) is 9.84 Å². The predicted molar refractivity (Wildman–Crippen MR) is 117 cm³/mol. The second-order valence-electron chi connectivity index (χ2n) is 7.16. The molecule has 0 fully saturated rings. The molecule has 6 nitrogen and oxygen atoms in total. The highest BCUT2D eigenvalue weighted by Gasteiger charge is 2.35. The lowest BCUT2D eigenvalue weighted by Gasteiger charge is -2.19. The van der Waals surface area contributed by atoms with Gasteiger partial charge in [0.15, 0.2) is 22.5 Å². The number of nitrogens with zero attached hydrogens (tertiary/aromatic N) is 1. The maximum absolute atomic E-state index is 13.5. The summed E-state index contributed by atoms with van der Waals surface area (Å²) in [4.78, 5) is 29.3. The number of fused-ring (bicyclic) bond motifs is 2. The van der Waals surface area contributed by atoms with Crippen LogP contribution in [0.2, 0.25) is 0 Å². The molecular formula is C23H12F2N2O4S2. The summed E-state index contributed by atoms with van der Waals surface area (Å²) in [7, 11) is -3.98. The fourth-order valence-corrected chi connectivity index (χ4v) is 5.91. The molecule has 1 aromatic heterocycles. The first kappa shape index (κ1) is 21.1. The number of carbonyl (C=O) groups excluding carboxylic acids is 2. The van der Waals surface area contributed by atoms with E-state index in [2.05, 4.69) is 10.3 Å². The van der Waals surface area contributed by atoms with E-state index in [1.165, 1.54) is 36.4 Å².